The van der Waals surface area contributed by atoms with E-state index in [1.807, 2.05) is 11.0 Å². The molecule has 3 rings (SSSR count). The number of amides is 1. The highest BCUT2D eigenvalue weighted by molar-refractivity contribution is 5.85. The zero-order valence-corrected chi connectivity index (χ0v) is 19.3. The molecule has 1 fully saturated rings. The molecule has 182 valence electrons. The Morgan fingerprint density at radius 2 is 2.00 bits per heavy atom. The molecular formula is C22H28ClF4N5O. The van der Waals surface area contributed by atoms with Crippen molar-refractivity contribution in [3.8, 4) is 0 Å². The Hall–Kier alpha value is -2.62. The third-order valence-electron chi connectivity index (χ3n) is 5.23. The van der Waals surface area contributed by atoms with Crippen LogP contribution in [0.15, 0.2) is 24.3 Å². The van der Waals surface area contributed by atoms with E-state index in [1.165, 1.54) is 13.0 Å². The third kappa shape index (κ3) is 7.45. The van der Waals surface area contributed by atoms with E-state index in [1.54, 1.807) is 0 Å². The van der Waals surface area contributed by atoms with Gasteiger partial charge in [-0.3, -0.25) is 4.79 Å². The summed E-state index contributed by atoms with van der Waals surface area (Å²) in [6.07, 6.45) is -0.508. The van der Waals surface area contributed by atoms with Crippen LogP contribution < -0.4 is 15.5 Å². The number of benzene rings is 1. The predicted molar refractivity (Wildman–Crippen MR) is 122 cm³/mol. The number of unbranched alkanes of at least 4 members (excludes halogenated alkanes) is 1. The standard InChI is InChI=1S/C22H27F4N5O.ClH/c1-3-4-6-15-12-20(31-10-5-7-17(13-31)27-14(2)32)30-21(28-15)29-16-8-9-19(23)18(11-16)22(24,25)26;/h8-9,11-12,17H,3-7,10,13H2,1-2H3,(H,27,32)(H,28,29,30);1H/t17-;/m1./s1. The van der Waals surface area contributed by atoms with Gasteiger partial charge in [0.1, 0.15) is 11.6 Å². The van der Waals surface area contributed by atoms with Crippen molar-refractivity contribution in [2.24, 2.45) is 0 Å². The molecule has 2 N–H and O–H groups in total. The molecule has 0 spiro atoms. The predicted octanol–water partition coefficient (Wildman–Crippen LogP) is 5.25. The lowest BCUT2D eigenvalue weighted by molar-refractivity contribution is -0.140. The van der Waals surface area contributed by atoms with Crippen molar-refractivity contribution in [3.63, 3.8) is 0 Å². The Morgan fingerprint density at radius 1 is 1.24 bits per heavy atom. The van der Waals surface area contributed by atoms with Gasteiger partial charge in [-0.1, -0.05) is 13.3 Å². The lowest BCUT2D eigenvalue weighted by Gasteiger charge is -2.34. The minimum absolute atomic E-state index is 0. The van der Waals surface area contributed by atoms with Gasteiger partial charge in [-0.05, 0) is 43.9 Å². The molecule has 0 unspecified atom stereocenters. The van der Waals surface area contributed by atoms with Crippen LogP contribution in [-0.2, 0) is 17.4 Å². The Balaban J connectivity index is 0.00000385. The van der Waals surface area contributed by atoms with Gasteiger partial charge in [-0.2, -0.15) is 18.2 Å². The minimum Gasteiger partial charge on any atom is -0.354 e. The van der Waals surface area contributed by atoms with Gasteiger partial charge in [0.15, 0.2) is 0 Å². The smallest absolute Gasteiger partial charge is 0.354 e. The number of hydrogen-bond donors (Lipinski definition) is 2. The first-order chi connectivity index (χ1) is 15.2. The number of alkyl halides is 3. The maximum absolute atomic E-state index is 13.6. The first-order valence-corrected chi connectivity index (χ1v) is 10.7. The molecule has 0 radical (unpaired) electrons. The molecule has 1 aromatic carbocycles. The van der Waals surface area contributed by atoms with E-state index in [9.17, 15) is 22.4 Å². The van der Waals surface area contributed by atoms with E-state index in [0.717, 1.165) is 44.0 Å². The van der Waals surface area contributed by atoms with Crippen LogP contribution in [0.25, 0.3) is 0 Å². The number of carbonyl (C=O) groups is 1. The van der Waals surface area contributed by atoms with E-state index < -0.39 is 17.6 Å². The van der Waals surface area contributed by atoms with Gasteiger partial charge in [0, 0.05) is 43.5 Å². The zero-order valence-electron chi connectivity index (χ0n) is 18.5. The van der Waals surface area contributed by atoms with Crippen molar-refractivity contribution in [1.29, 1.82) is 0 Å². The van der Waals surface area contributed by atoms with Gasteiger partial charge in [-0.15, -0.1) is 12.4 Å². The lowest BCUT2D eigenvalue weighted by Crippen LogP contribution is -2.47. The molecule has 6 nitrogen and oxygen atoms in total. The number of halogens is 5. The van der Waals surface area contributed by atoms with Crippen LogP contribution in [-0.4, -0.2) is 35.0 Å². The average molecular weight is 490 g/mol. The molecule has 1 amide bonds. The first-order valence-electron chi connectivity index (χ1n) is 10.7. The maximum Gasteiger partial charge on any atom is 0.419 e. The number of hydrogen-bond acceptors (Lipinski definition) is 5. The summed E-state index contributed by atoms with van der Waals surface area (Å²) >= 11 is 0. The molecule has 0 aliphatic carbocycles. The van der Waals surface area contributed by atoms with E-state index in [4.69, 9.17) is 0 Å². The Kier molecular flexibility index (Phi) is 9.27. The van der Waals surface area contributed by atoms with E-state index in [0.29, 0.717) is 24.8 Å². The fourth-order valence-corrected chi connectivity index (χ4v) is 3.73. The van der Waals surface area contributed by atoms with Gasteiger partial charge >= 0.3 is 6.18 Å². The molecule has 0 bridgehead atoms. The highest BCUT2D eigenvalue weighted by Crippen LogP contribution is 2.33. The fraction of sp³-hybridized carbons (Fsp3) is 0.500. The van der Waals surface area contributed by atoms with Crippen molar-refractivity contribution in [2.45, 2.75) is 58.2 Å². The summed E-state index contributed by atoms with van der Waals surface area (Å²) in [4.78, 5) is 22.4. The molecule has 33 heavy (non-hydrogen) atoms. The topological polar surface area (TPSA) is 70.2 Å². The Labute approximate surface area is 196 Å². The van der Waals surface area contributed by atoms with Gasteiger partial charge in [-0.25, -0.2) is 9.37 Å². The van der Waals surface area contributed by atoms with Crippen molar-refractivity contribution in [2.75, 3.05) is 23.3 Å². The van der Waals surface area contributed by atoms with Gasteiger partial charge in [0.25, 0.3) is 0 Å². The summed E-state index contributed by atoms with van der Waals surface area (Å²) in [6, 6.07) is 4.58. The van der Waals surface area contributed by atoms with Crippen LogP contribution in [0.5, 0.6) is 0 Å². The first kappa shape index (κ1) is 26.6. The molecule has 2 aromatic rings. The number of carbonyl (C=O) groups excluding carboxylic acids is 1. The molecule has 1 aliphatic rings. The zero-order chi connectivity index (χ0) is 23.3. The highest BCUT2D eigenvalue weighted by Gasteiger charge is 2.34. The second-order valence-electron chi connectivity index (χ2n) is 7.95. The molecule has 11 heteroatoms. The normalized spacial score (nSPS) is 16.2. The van der Waals surface area contributed by atoms with Crippen molar-refractivity contribution in [1.82, 2.24) is 15.3 Å². The summed E-state index contributed by atoms with van der Waals surface area (Å²) in [5, 5.41) is 5.73. The number of rotatable bonds is 7. The summed E-state index contributed by atoms with van der Waals surface area (Å²) in [7, 11) is 0. The fourth-order valence-electron chi connectivity index (χ4n) is 3.73. The van der Waals surface area contributed by atoms with Gasteiger partial charge in [0.05, 0.1) is 5.56 Å². The molecule has 2 heterocycles. The van der Waals surface area contributed by atoms with Gasteiger partial charge in [0.2, 0.25) is 11.9 Å². The van der Waals surface area contributed by atoms with Crippen LogP contribution in [0.2, 0.25) is 0 Å². The van der Waals surface area contributed by atoms with Crippen LogP contribution >= 0.6 is 12.4 Å². The molecule has 0 saturated carbocycles. The summed E-state index contributed by atoms with van der Waals surface area (Å²) < 4.78 is 52.8. The SMILES string of the molecule is CCCCc1cc(N2CCC[C@@H](NC(C)=O)C2)nc(Nc2ccc(F)c(C(F)(F)F)c2)n1.Cl. The monoisotopic (exact) mass is 489 g/mol. The van der Waals surface area contributed by atoms with E-state index in [2.05, 4.69) is 27.5 Å². The number of nitrogens with one attached hydrogen (secondary N) is 2. The third-order valence-corrected chi connectivity index (χ3v) is 5.23. The van der Waals surface area contributed by atoms with E-state index >= 15 is 0 Å². The van der Waals surface area contributed by atoms with Crippen LogP contribution in [0.3, 0.4) is 0 Å². The van der Waals surface area contributed by atoms with Crippen molar-refractivity contribution >= 4 is 35.8 Å². The molecule has 1 saturated heterocycles. The summed E-state index contributed by atoms with van der Waals surface area (Å²) in [5.74, 6) is -0.641. The number of aryl methyl sites for hydroxylation is 1. The molecule has 1 aromatic heterocycles. The number of aromatic nitrogens is 2. The van der Waals surface area contributed by atoms with E-state index in [-0.39, 0.29) is 36.0 Å². The lowest BCUT2D eigenvalue weighted by atomic mass is 10.1. The second-order valence-corrected chi connectivity index (χ2v) is 7.95. The Bertz CT molecular complexity index is 957. The average Bonchev–Trinajstić information content (AvgIpc) is 2.72. The van der Waals surface area contributed by atoms with Crippen LogP contribution in [0.4, 0.5) is 35.0 Å². The molecule has 1 aliphatic heterocycles. The van der Waals surface area contributed by atoms with Crippen LogP contribution in [0, 0.1) is 5.82 Å². The van der Waals surface area contributed by atoms with Crippen molar-refractivity contribution < 1.29 is 22.4 Å². The maximum atomic E-state index is 13.6. The highest BCUT2D eigenvalue weighted by atomic mass is 35.5. The Morgan fingerprint density at radius 3 is 2.67 bits per heavy atom. The van der Waals surface area contributed by atoms with Crippen LogP contribution in [0.1, 0.15) is 50.8 Å². The second kappa shape index (κ2) is 11.5. The van der Waals surface area contributed by atoms with Gasteiger partial charge < -0.3 is 15.5 Å². The summed E-state index contributed by atoms with van der Waals surface area (Å²) in [5.41, 5.74) is -0.537. The molecule has 1 atom stereocenters. The van der Waals surface area contributed by atoms with Crippen molar-refractivity contribution in [3.05, 3.63) is 41.3 Å². The number of piperidine rings is 1. The molecular weight excluding hydrogens is 462 g/mol. The summed E-state index contributed by atoms with van der Waals surface area (Å²) in [6.45, 7) is 4.86. The number of anilines is 3. The largest absolute Gasteiger partial charge is 0.419 e. The quantitative estimate of drug-likeness (QED) is 0.520. The number of nitrogens with zero attached hydrogens (tertiary/aromatic N) is 3. The minimum atomic E-state index is -4.80.